The molecule has 64 heavy (non-hydrogen) atoms. The van der Waals surface area contributed by atoms with Gasteiger partial charge in [0.15, 0.2) is 6.29 Å². The maximum Gasteiger partial charge on any atom is 0.397 e. The lowest BCUT2D eigenvalue weighted by Crippen LogP contribution is -2.60. The number of esters is 1. The zero-order chi connectivity index (χ0) is 46.8. The summed E-state index contributed by atoms with van der Waals surface area (Å²) >= 11 is 0. The SMILES string of the molecule is CC/C=C\C/C=C\C/C=C\C/C=C\CCCCCCCCC(=O)OC(COCCCCCCCCCC/C=C\C/C=C\C/C=C\CC)COC1OC(CO)C(O)C(OS(=O)(=O)O)C1O. The van der Waals surface area contributed by atoms with Gasteiger partial charge in [-0.25, -0.2) is 4.18 Å². The van der Waals surface area contributed by atoms with E-state index in [2.05, 4.69) is 103 Å². The van der Waals surface area contributed by atoms with Crippen molar-refractivity contribution in [2.24, 2.45) is 0 Å². The third-order valence-electron chi connectivity index (χ3n) is 10.5. The quantitative estimate of drug-likeness (QED) is 0.0198. The minimum Gasteiger partial charge on any atom is -0.457 e. The Morgan fingerprint density at radius 1 is 0.594 bits per heavy atom. The number of hydrogen-bond donors (Lipinski definition) is 4. The zero-order valence-electron chi connectivity index (χ0n) is 39.3. The molecule has 6 atom stereocenters. The lowest BCUT2D eigenvalue weighted by molar-refractivity contribution is -0.301. The van der Waals surface area contributed by atoms with Gasteiger partial charge in [0.1, 0.15) is 30.5 Å². The number of hydrogen-bond acceptors (Lipinski definition) is 11. The summed E-state index contributed by atoms with van der Waals surface area (Å²) in [6.07, 6.45) is 46.1. The first-order chi connectivity index (χ1) is 31.1. The third kappa shape index (κ3) is 34.6. The molecule has 1 fully saturated rings. The van der Waals surface area contributed by atoms with Crippen molar-refractivity contribution in [2.75, 3.05) is 26.4 Å². The summed E-state index contributed by atoms with van der Waals surface area (Å²) in [6, 6.07) is 0. The molecule has 1 heterocycles. The molecular weight excluding hydrogens is 837 g/mol. The zero-order valence-corrected chi connectivity index (χ0v) is 40.1. The number of aliphatic hydroxyl groups is 3. The van der Waals surface area contributed by atoms with Crippen molar-refractivity contribution >= 4 is 16.4 Å². The van der Waals surface area contributed by atoms with E-state index in [0.717, 1.165) is 109 Å². The van der Waals surface area contributed by atoms with Crippen molar-refractivity contribution < 1.29 is 56.2 Å². The standard InChI is InChI=1S/C51H86O12S/c1-3-5-7-9-11-13-15-17-19-21-23-24-26-28-30-32-34-36-38-40-47(53)61-45(44-60-51-49(55)50(63-64(56,57)58)48(54)46(42-52)62-51)43-59-41-39-37-35-33-31-29-27-25-22-20-18-16-14-12-10-8-6-4-2/h5-8,11-14,17-20,23-24,45-46,48-52,54-55H,3-4,9-10,15-16,21-22,25-44H2,1-2H3,(H,56,57,58)/b7-5-,8-6-,13-11-,14-12-,19-17-,20-18-,24-23-. The van der Waals surface area contributed by atoms with Crippen molar-refractivity contribution in [3.05, 3.63) is 85.1 Å². The molecule has 0 aromatic heterocycles. The molecule has 6 unspecified atom stereocenters. The van der Waals surface area contributed by atoms with Gasteiger partial charge < -0.3 is 34.3 Å². The number of unbranched alkanes of at least 4 members (excludes halogenated alkanes) is 14. The lowest BCUT2D eigenvalue weighted by Gasteiger charge is -2.41. The van der Waals surface area contributed by atoms with Crippen LogP contribution in [0.4, 0.5) is 0 Å². The van der Waals surface area contributed by atoms with Gasteiger partial charge in [-0.05, 0) is 83.5 Å². The number of allylic oxidation sites excluding steroid dienone is 14. The minimum absolute atomic E-state index is 0.0197. The van der Waals surface area contributed by atoms with Gasteiger partial charge in [0, 0.05) is 13.0 Å². The monoisotopic (exact) mass is 923 g/mol. The van der Waals surface area contributed by atoms with Crippen molar-refractivity contribution in [2.45, 2.75) is 205 Å². The smallest absolute Gasteiger partial charge is 0.397 e. The fourth-order valence-electron chi connectivity index (χ4n) is 6.91. The van der Waals surface area contributed by atoms with Gasteiger partial charge in [0.25, 0.3) is 0 Å². The molecule has 0 aromatic rings. The van der Waals surface area contributed by atoms with Gasteiger partial charge in [-0.2, -0.15) is 8.42 Å². The maximum absolute atomic E-state index is 12.9. The molecule has 0 spiro atoms. The normalized spacial score (nSPS) is 20.5. The highest BCUT2D eigenvalue weighted by molar-refractivity contribution is 7.80. The Balaban J connectivity index is 2.41. The minimum atomic E-state index is -5.07. The van der Waals surface area contributed by atoms with Crippen LogP contribution in [0.2, 0.25) is 0 Å². The van der Waals surface area contributed by atoms with Crippen LogP contribution in [0.25, 0.3) is 0 Å². The van der Waals surface area contributed by atoms with E-state index >= 15 is 0 Å². The maximum atomic E-state index is 12.9. The van der Waals surface area contributed by atoms with E-state index < -0.39 is 59.8 Å². The van der Waals surface area contributed by atoms with Gasteiger partial charge in [0.2, 0.25) is 0 Å². The molecule has 13 heteroatoms. The van der Waals surface area contributed by atoms with Crippen LogP contribution in [-0.4, -0.2) is 97.5 Å². The average Bonchev–Trinajstić information content (AvgIpc) is 3.27. The Hall–Kier alpha value is -2.72. The molecule has 4 N–H and O–H groups in total. The van der Waals surface area contributed by atoms with Gasteiger partial charge in [-0.1, -0.05) is 163 Å². The molecule has 0 saturated carbocycles. The third-order valence-corrected chi connectivity index (χ3v) is 11.0. The molecule has 0 aromatic carbocycles. The Kier molecular flexibility index (Phi) is 38.6. The van der Waals surface area contributed by atoms with E-state index in [1.165, 1.54) is 32.1 Å². The highest BCUT2D eigenvalue weighted by Crippen LogP contribution is 2.26. The van der Waals surface area contributed by atoms with Crippen LogP contribution in [0.1, 0.15) is 168 Å². The van der Waals surface area contributed by atoms with Gasteiger partial charge >= 0.3 is 16.4 Å². The molecule has 368 valence electrons. The summed E-state index contributed by atoms with van der Waals surface area (Å²) in [5, 5.41) is 30.7. The molecule has 0 aliphatic carbocycles. The van der Waals surface area contributed by atoms with Crippen molar-refractivity contribution in [1.29, 1.82) is 0 Å². The number of rotatable bonds is 41. The average molecular weight is 923 g/mol. The Morgan fingerprint density at radius 2 is 1.03 bits per heavy atom. The molecule has 1 saturated heterocycles. The summed E-state index contributed by atoms with van der Waals surface area (Å²) in [7, 11) is -5.07. The first kappa shape index (κ1) is 59.3. The predicted molar refractivity (Wildman–Crippen MR) is 257 cm³/mol. The number of ether oxygens (including phenoxy) is 4. The topological polar surface area (TPSA) is 178 Å². The predicted octanol–water partition coefficient (Wildman–Crippen LogP) is 10.9. The van der Waals surface area contributed by atoms with E-state index in [9.17, 15) is 33.1 Å². The van der Waals surface area contributed by atoms with E-state index in [-0.39, 0.29) is 19.6 Å². The molecule has 1 aliphatic rings. The molecule has 0 radical (unpaired) electrons. The van der Waals surface area contributed by atoms with Crippen molar-refractivity contribution in [3.8, 4) is 0 Å². The Labute approximate surface area is 387 Å². The number of aliphatic hydroxyl groups excluding tert-OH is 3. The molecule has 12 nitrogen and oxygen atoms in total. The first-order valence-electron chi connectivity index (χ1n) is 24.3. The molecule has 1 rings (SSSR count). The summed E-state index contributed by atoms with van der Waals surface area (Å²) in [5.41, 5.74) is 0. The van der Waals surface area contributed by atoms with Crippen molar-refractivity contribution in [1.82, 2.24) is 0 Å². The lowest BCUT2D eigenvalue weighted by atomic mass is 9.99. The van der Waals surface area contributed by atoms with E-state index in [4.69, 9.17) is 18.9 Å². The molecular formula is C51H86O12S. The van der Waals surface area contributed by atoms with Crippen LogP contribution in [-0.2, 0) is 38.3 Å². The number of carbonyl (C=O) groups is 1. The van der Waals surface area contributed by atoms with Gasteiger partial charge in [-0.15, -0.1) is 0 Å². The summed E-state index contributed by atoms with van der Waals surface area (Å²) < 4.78 is 59.2. The van der Waals surface area contributed by atoms with Crippen LogP contribution in [0.15, 0.2) is 85.1 Å². The summed E-state index contributed by atoms with van der Waals surface area (Å²) in [6.45, 7) is 3.72. The second kappa shape index (κ2) is 41.7. The Bertz CT molecular complexity index is 1440. The fourth-order valence-corrected chi connectivity index (χ4v) is 7.42. The molecule has 0 amide bonds. The van der Waals surface area contributed by atoms with Crippen molar-refractivity contribution in [3.63, 3.8) is 0 Å². The summed E-state index contributed by atoms with van der Waals surface area (Å²) in [5.74, 6) is -0.419. The molecule has 0 bridgehead atoms. The van der Waals surface area contributed by atoms with Gasteiger partial charge in [0.05, 0.1) is 19.8 Å². The second-order valence-electron chi connectivity index (χ2n) is 16.3. The summed E-state index contributed by atoms with van der Waals surface area (Å²) in [4.78, 5) is 12.9. The van der Waals surface area contributed by atoms with Gasteiger partial charge in [-0.3, -0.25) is 9.35 Å². The largest absolute Gasteiger partial charge is 0.457 e. The highest BCUT2D eigenvalue weighted by Gasteiger charge is 2.48. The van der Waals surface area contributed by atoms with Crippen LogP contribution < -0.4 is 0 Å². The van der Waals surface area contributed by atoms with E-state index in [0.29, 0.717) is 13.0 Å². The molecule has 1 aliphatic heterocycles. The Morgan fingerprint density at radius 3 is 1.50 bits per heavy atom. The van der Waals surface area contributed by atoms with E-state index in [1.54, 1.807) is 0 Å². The van der Waals surface area contributed by atoms with Crippen LogP contribution in [0.5, 0.6) is 0 Å². The van der Waals surface area contributed by atoms with Crippen LogP contribution in [0, 0.1) is 0 Å². The highest BCUT2D eigenvalue weighted by atomic mass is 32.3. The number of carbonyl (C=O) groups excluding carboxylic acids is 1. The van der Waals surface area contributed by atoms with Crippen LogP contribution >= 0.6 is 0 Å². The second-order valence-corrected chi connectivity index (χ2v) is 17.3. The van der Waals surface area contributed by atoms with E-state index in [1.807, 2.05) is 0 Å². The fraction of sp³-hybridized carbons (Fsp3) is 0.706. The van der Waals surface area contributed by atoms with Crippen LogP contribution in [0.3, 0.4) is 0 Å². The first-order valence-corrected chi connectivity index (χ1v) is 25.7.